The molecule has 0 saturated heterocycles. The Kier molecular flexibility index (Phi) is 4.84. The number of hydrogen-bond acceptors (Lipinski definition) is 5. The number of imidazole rings is 1. The van der Waals surface area contributed by atoms with Crippen molar-refractivity contribution in [1.82, 2.24) is 18.7 Å². The van der Waals surface area contributed by atoms with E-state index < -0.39 is 0 Å². The van der Waals surface area contributed by atoms with Crippen LogP contribution >= 0.6 is 0 Å². The molecule has 4 aromatic rings. The second-order valence-electron chi connectivity index (χ2n) is 8.04. The summed E-state index contributed by atoms with van der Waals surface area (Å²) >= 11 is 0. The molecule has 0 fully saturated rings. The molecule has 2 aromatic heterocycles. The molecule has 0 N–H and O–H groups in total. The summed E-state index contributed by atoms with van der Waals surface area (Å²) in [6, 6.07) is 15.7. The molecule has 164 valence electrons. The number of hydrogen-bond donors (Lipinski definition) is 0. The van der Waals surface area contributed by atoms with Crippen LogP contribution in [0.5, 0.6) is 5.75 Å². The van der Waals surface area contributed by atoms with Crippen LogP contribution in [0.15, 0.2) is 58.1 Å². The van der Waals surface area contributed by atoms with E-state index >= 15 is 0 Å². The number of ether oxygens (including phenoxy) is 1. The molecule has 0 saturated carbocycles. The van der Waals surface area contributed by atoms with E-state index in [1.54, 1.807) is 7.05 Å². The van der Waals surface area contributed by atoms with Crippen LogP contribution in [0.2, 0.25) is 0 Å². The molecule has 8 nitrogen and oxygen atoms in total. The summed E-state index contributed by atoms with van der Waals surface area (Å²) < 4.78 is 10.2. The summed E-state index contributed by atoms with van der Waals surface area (Å²) in [6.45, 7) is 6.11. The maximum absolute atomic E-state index is 13.4. The summed E-state index contributed by atoms with van der Waals surface area (Å²) in [4.78, 5) is 33.2. The van der Waals surface area contributed by atoms with Crippen LogP contribution in [0.25, 0.3) is 11.2 Å². The van der Waals surface area contributed by atoms with E-state index in [1.807, 2.05) is 66.9 Å². The summed E-state index contributed by atoms with van der Waals surface area (Å²) in [7, 11) is 1.67. The van der Waals surface area contributed by atoms with Gasteiger partial charge in [-0.15, -0.1) is 0 Å². The molecular weight excluding hydrogens is 406 g/mol. The molecule has 0 bridgehead atoms. The Balaban J connectivity index is 1.60. The molecule has 0 atom stereocenters. The van der Waals surface area contributed by atoms with Crippen molar-refractivity contribution in [3.05, 3.63) is 80.5 Å². The fraction of sp³-hybridized carbons (Fsp3) is 0.292. The van der Waals surface area contributed by atoms with Gasteiger partial charge in [-0.2, -0.15) is 4.98 Å². The predicted molar refractivity (Wildman–Crippen MR) is 124 cm³/mol. The van der Waals surface area contributed by atoms with Gasteiger partial charge >= 0.3 is 5.69 Å². The second-order valence-corrected chi connectivity index (χ2v) is 8.04. The van der Waals surface area contributed by atoms with Gasteiger partial charge in [0.15, 0.2) is 11.2 Å². The number of anilines is 2. The summed E-state index contributed by atoms with van der Waals surface area (Å²) in [5, 5.41) is 0. The van der Waals surface area contributed by atoms with Gasteiger partial charge in [0, 0.05) is 25.8 Å². The maximum atomic E-state index is 13.4. The summed E-state index contributed by atoms with van der Waals surface area (Å²) in [5.74, 6) is 1.48. The predicted octanol–water partition coefficient (Wildman–Crippen LogP) is 2.80. The molecule has 1 aliphatic rings. The molecule has 3 heterocycles. The van der Waals surface area contributed by atoms with Crippen molar-refractivity contribution < 1.29 is 4.74 Å². The molecule has 0 amide bonds. The fourth-order valence-corrected chi connectivity index (χ4v) is 4.34. The second kappa shape index (κ2) is 7.71. The van der Waals surface area contributed by atoms with Gasteiger partial charge in [0.2, 0.25) is 5.95 Å². The van der Waals surface area contributed by atoms with Crippen molar-refractivity contribution in [2.24, 2.45) is 7.05 Å². The fourth-order valence-electron chi connectivity index (χ4n) is 4.34. The van der Waals surface area contributed by atoms with Crippen molar-refractivity contribution in [2.45, 2.75) is 26.9 Å². The van der Waals surface area contributed by atoms with Gasteiger partial charge in [-0.05, 0) is 43.7 Å². The first-order chi connectivity index (χ1) is 15.5. The average Bonchev–Trinajstić information content (AvgIpc) is 3.36. The highest BCUT2D eigenvalue weighted by Crippen LogP contribution is 2.32. The van der Waals surface area contributed by atoms with E-state index in [9.17, 15) is 9.59 Å². The number of rotatable bonds is 5. The first kappa shape index (κ1) is 20.1. The SMILES string of the molecule is CCOc1ccc(N2CCn3c2nc2c3c(=O)n(Cc3cccc(C)c3)c(=O)n2C)cc1. The Bertz CT molecular complexity index is 1430. The molecule has 8 heteroatoms. The lowest BCUT2D eigenvalue weighted by molar-refractivity contribution is 0.340. The Hall–Kier alpha value is -3.81. The van der Waals surface area contributed by atoms with Gasteiger partial charge in [0.25, 0.3) is 5.56 Å². The lowest BCUT2D eigenvalue weighted by Crippen LogP contribution is -2.40. The van der Waals surface area contributed by atoms with Gasteiger partial charge in [-0.25, -0.2) is 4.79 Å². The first-order valence-electron chi connectivity index (χ1n) is 10.7. The van der Waals surface area contributed by atoms with E-state index in [4.69, 9.17) is 9.72 Å². The third-order valence-electron chi connectivity index (χ3n) is 5.88. The third-order valence-corrected chi connectivity index (χ3v) is 5.88. The highest BCUT2D eigenvalue weighted by molar-refractivity contribution is 5.77. The number of nitrogens with zero attached hydrogens (tertiary/aromatic N) is 5. The molecule has 0 aliphatic carbocycles. The van der Waals surface area contributed by atoms with Gasteiger partial charge < -0.3 is 14.2 Å². The van der Waals surface area contributed by atoms with Crippen molar-refractivity contribution in [1.29, 1.82) is 0 Å². The Morgan fingerprint density at radius 1 is 1.06 bits per heavy atom. The monoisotopic (exact) mass is 431 g/mol. The zero-order chi connectivity index (χ0) is 22.4. The van der Waals surface area contributed by atoms with Crippen LogP contribution in [0, 0.1) is 6.92 Å². The first-order valence-corrected chi connectivity index (χ1v) is 10.7. The molecule has 0 spiro atoms. The van der Waals surface area contributed by atoms with E-state index in [-0.39, 0.29) is 17.8 Å². The largest absolute Gasteiger partial charge is 0.494 e. The van der Waals surface area contributed by atoms with Crippen molar-refractivity contribution in [3.8, 4) is 5.75 Å². The smallest absolute Gasteiger partial charge is 0.332 e. The van der Waals surface area contributed by atoms with Crippen LogP contribution in [0.1, 0.15) is 18.1 Å². The highest BCUT2D eigenvalue weighted by atomic mass is 16.5. The van der Waals surface area contributed by atoms with Crippen LogP contribution in [-0.2, 0) is 20.1 Å². The maximum Gasteiger partial charge on any atom is 0.332 e. The third kappa shape index (κ3) is 3.19. The molecule has 32 heavy (non-hydrogen) atoms. The van der Waals surface area contributed by atoms with Gasteiger partial charge in [0.05, 0.1) is 13.2 Å². The zero-order valence-corrected chi connectivity index (χ0v) is 18.4. The Labute approximate surface area is 184 Å². The highest BCUT2D eigenvalue weighted by Gasteiger charge is 2.28. The standard InChI is InChI=1S/C24H25N5O3/c1-4-32-19-10-8-18(9-11-19)27-12-13-28-20-21(25-23(27)28)26(3)24(31)29(22(20)30)15-17-7-5-6-16(2)14-17/h5-11,14H,4,12-13,15H2,1-3H3. The average molecular weight is 431 g/mol. The molecule has 0 radical (unpaired) electrons. The van der Waals surface area contributed by atoms with Crippen molar-refractivity contribution in [2.75, 3.05) is 18.1 Å². The summed E-state index contributed by atoms with van der Waals surface area (Å²) in [6.07, 6.45) is 0. The van der Waals surface area contributed by atoms with Crippen LogP contribution in [0.3, 0.4) is 0 Å². The minimum atomic E-state index is -0.367. The van der Waals surface area contributed by atoms with Crippen molar-refractivity contribution >= 4 is 22.8 Å². The van der Waals surface area contributed by atoms with E-state index in [0.29, 0.717) is 36.8 Å². The van der Waals surface area contributed by atoms with Gasteiger partial charge in [0.1, 0.15) is 5.75 Å². The van der Waals surface area contributed by atoms with Crippen LogP contribution in [0.4, 0.5) is 11.6 Å². The topological polar surface area (TPSA) is 74.3 Å². The molecule has 0 unspecified atom stereocenters. The van der Waals surface area contributed by atoms with E-state index in [1.165, 1.54) is 9.13 Å². The molecule has 5 rings (SSSR count). The number of aryl methyl sites for hydroxylation is 2. The van der Waals surface area contributed by atoms with Crippen molar-refractivity contribution in [3.63, 3.8) is 0 Å². The summed E-state index contributed by atoms with van der Waals surface area (Å²) in [5.41, 5.74) is 3.16. The van der Waals surface area contributed by atoms with Gasteiger partial charge in [-0.3, -0.25) is 13.9 Å². The Morgan fingerprint density at radius 3 is 2.56 bits per heavy atom. The van der Waals surface area contributed by atoms with Gasteiger partial charge in [-0.1, -0.05) is 29.8 Å². The number of benzene rings is 2. The normalized spacial score (nSPS) is 13.0. The van der Waals surface area contributed by atoms with Crippen LogP contribution < -0.4 is 20.9 Å². The molecular formula is C24H25N5O3. The Morgan fingerprint density at radius 2 is 1.84 bits per heavy atom. The zero-order valence-electron chi connectivity index (χ0n) is 18.4. The quantitative estimate of drug-likeness (QED) is 0.486. The molecule has 2 aromatic carbocycles. The lowest BCUT2D eigenvalue weighted by Gasteiger charge is -2.16. The number of fused-ring (bicyclic) bond motifs is 3. The van der Waals surface area contributed by atoms with E-state index in [2.05, 4.69) is 4.90 Å². The van der Waals surface area contributed by atoms with E-state index in [0.717, 1.165) is 22.6 Å². The minimum Gasteiger partial charge on any atom is -0.494 e. The lowest BCUT2D eigenvalue weighted by atomic mass is 10.1. The van der Waals surface area contributed by atoms with Crippen LogP contribution in [-0.4, -0.2) is 31.8 Å². The minimum absolute atomic E-state index is 0.228. The molecule has 1 aliphatic heterocycles. The number of aromatic nitrogens is 4.